The first-order valence-electron chi connectivity index (χ1n) is 36.9. The fraction of sp³-hybridized carbons (Fsp3) is 0.541. The number of aryl methyl sites for hydroxylation is 2. The van der Waals surface area contributed by atoms with Crippen molar-refractivity contribution in [1.29, 1.82) is 0 Å². The van der Waals surface area contributed by atoms with E-state index in [1.165, 1.54) is 60.2 Å². The molecule has 0 radical (unpaired) electrons. The quantitative estimate of drug-likeness (QED) is 0.0454. The normalized spacial score (nSPS) is 26.4. The first kappa shape index (κ1) is 91.3. The maximum atomic E-state index is 13.0. The summed E-state index contributed by atoms with van der Waals surface area (Å²) in [5.41, 5.74) is 1.24. The van der Waals surface area contributed by atoms with Gasteiger partial charge in [0.15, 0.2) is 98.4 Å². The van der Waals surface area contributed by atoms with Crippen molar-refractivity contribution in [2.45, 2.75) is 151 Å². The molecule has 0 aliphatic carbocycles. The molecule has 7 saturated heterocycles. The van der Waals surface area contributed by atoms with E-state index in [1.807, 2.05) is 29.2 Å². The van der Waals surface area contributed by atoms with E-state index < -0.39 is 125 Å². The van der Waals surface area contributed by atoms with Crippen LogP contribution in [0.15, 0.2) is 177 Å². The van der Waals surface area contributed by atoms with Gasteiger partial charge in [-0.2, -0.15) is 0 Å². The fourth-order valence-corrected chi connectivity index (χ4v) is 44.6. The van der Waals surface area contributed by atoms with Crippen LogP contribution >= 0.6 is 57.2 Å². The minimum Gasteiger partial charge on any atom is -0.469 e. The predicted octanol–water partition coefficient (Wildman–Crippen LogP) is 10.7. The highest BCUT2D eigenvalue weighted by molar-refractivity contribution is 7.99. The van der Waals surface area contributed by atoms with E-state index in [1.54, 1.807) is 65.9 Å². The van der Waals surface area contributed by atoms with E-state index in [2.05, 4.69) is 12.1 Å². The van der Waals surface area contributed by atoms with Crippen LogP contribution in [0.5, 0.6) is 0 Å². The van der Waals surface area contributed by atoms with Crippen LogP contribution in [0.2, 0.25) is 10.0 Å². The Morgan fingerprint density at radius 1 is 0.416 bits per heavy atom. The van der Waals surface area contributed by atoms with Crippen LogP contribution in [0.3, 0.4) is 0 Å². The average molecular weight is 1850 g/mol. The minimum atomic E-state index is -3.70. The first-order valence-corrected chi connectivity index (χ1v) is 57.2. The van der Waals surface area contributed by atoms with Gasteiger partial charge in [-0.15, -0.1) is 34.0 Å². The Morgan fingerprint density at radius 2 is 0.832 bits per heavy atom. The number of hydrogen-bond donors (Lipinski definition) is 0. The first-order chi connectivity index (χ1) is 53.2. The van der Waals surface area contributed by atoms with Crippen LogP contribution < -0.4 is 0 Å². The number of sulfone groups is 10. The van der Waals surface area contributed by atoms with Gasteiger partial charge in [-0.3, -0.25) is 4.90 Å². The molecule has 7 aliphatic heterocycles. The summed E-state index contributed by atoms with van der Waals surface area (Å²) in [5, 5.41) is 1.75. The molecular formula is C74H95Cl2NO23S13. The van der Waals surface area contributed by atoms with Crippen LogP contribution in [0.1, 0.15) is 88.4 Å². The molecule has 3 aromatic carbocycles. The molecule has 0 N–H and O–H groups in total. The lowest BCUT2D eigenvalue weighted by Gasteiger charge is -2.27. The number of halogens is 2. The third-order valence-electron chi connectivity index (χ3n) is 21.4. The number of nitrogens with zero attached hydrogens (tertiary/aromatic N) is 1. The fourth-order valence-electron chi connectivity index (χ4n) is 15.8. The molecule has 4 aromatic heterocycles. The van der Waals surface area contributed by atoms with Crippen LogP contribution in [-0.4, -0.2) is 218 Å². The lowest BCUT2D eigenvalue weighted by molar-refractivity contribution is 0.0990. The standard InChI is InChI=1S/C20H23ClO4S2.C14H19ClO5S2.C14H20O5S3.C14H16O5S3.C12H17NO4S3/c21-18-10-12-19(13-11-18)27(24,25)20-15-26(22,23)14-17(20)9-5-4-8-16-6-2-1-3-7-16;1-20-8-2-3-11-9-21(16,17)10-14(11)22(18,19)13-6-4-12(15)5-7-13;2*15-21(16)9-11(5-6-12-3-1-7-19-12)13(10-21)22(17,18)14-4-2-8-20-14;14-19(15)8-10(13-5-1-2-6-13)11(9-19)20(16,17)12-4-3-7-18-12/h1-3,6-7,10-13,17,20H,4-5,8-9,14-15H2;4-7,11,14H,2-3,8-10H2,1H3;2,4,8,11-13H,1,3,5-7,9-10H2;1-4,7-8,11,13H,5-6,9-10H2;3-4,7,10-11H,1-2,5-6,8-9H2/t17-,20-;11-,14-;11-,12?,13-;11-,13-;10-,11-/m00000/s1. The van der Waals surface area contributed by atoms with Gasteiger partial charge in [-0.1, -0.05) is 78.2 Å². The van der Waals surface area contributed by atoms with Crippen molar-refractivity contribution in [3.63, 3.8) is 0 Å². The zero-order valence-corrected chi connectivity index (χ0v) is 74.1. The van der Waals surface area contributed by atoms with Crippen molar-refractivity contribution in [1.82, 2.24) is 4.90 Å². The Hall–Kier alpha value is -4.00. The highest BCUT2D eigenvalue weighted by Crippen LogP contribution is 2.40. The van der Waals surface area contributed by atoms with Crippen LogP contribution in [-0.2, 0) is 121 Å². The van der Waals surface area contributed by atoms with E-state index >= 15 is 0 Å². The molecule has 7 aliphatic rings. The zero-order chi connectivity index (χ0) is 81.8. The van der Waals surface area contributed by atoms with E-state index in [0.29, 0.717) is 55.2 Å². The third kappa shape index (κ3) is 24.6. The van der Waals surface area contributed by atoms with Crippen molar-refractivity contribution in [3.8, 4) is 0 Å². The molecule has 626 valence electrons. The number of likely N-dealkylation sites (tertiary alicyclic amines) is 1. The number of methoxy groups -OCH3 is 1. The second-order valence-corrected chi connectivity index (χ2v) is 55.6. The molecule has 11 heterocycles. The Bertz CT molecular complexity index is 5450. The molecule has 0 spiro atoms. The molecule has 1 unspecified atom stereocenters. The van der Waals surface area contributed by atoms with E-state index in [4.69, 9.17) is 37.1 Å². The number of furan rings is 1. The number of thiophene rings is 3. The summed E-state index contributed by atoms with van der Waals surface area (Å²) < 4.78 is 264. The summed E-state index contributed by atoms with van der Waals surface area (Å²) in [5.74, 6) is -2.30. The molecule has 0 amide bonds. The molecule has 7 fully saturated rings. The van der Waals surface area contributed by atoms with Crippen molar-refractivity contribution in [2.75, 3.05) is 90.9 Å². The summed E-state index contributed by atoms with van der Waals surface area (Å²) in [6.07, 6.45) is 12.5. The van der Waals surface area contributed by atoms with Crippen molar-refractivity contribution in [2.24, 2.45) is 23.7 Å². The van der Waals surface area contributed by atoms with Crippen LogP contribution in [0.25, 0.3) is 0 Å². The largest absolute Gasteiger partial charge is 0.469 e. The monoisotopic (exact) mass is 1850 g/mol. The molecule has 24 nitrogen and oxygen atoms in total. The summed E-state index contributed by atoms with van der Waals surface area (Å²) in [7, 11) is -33.1. The van der Waals surface area contributed by atoms with Gasteiger partial charge in [-0.05, 0) is 214 Å². The second kappa shape index (κ2) is 39.0. The molecule has 7 aromatic rings. The number of hydrogen-bond acceptors (Lipinski definition) is 27. The smallest absolute Gasteiger partial charge is 0.193 e. The van der Waals surface area contributed by atoms with Gasteiger partial charge in [0, 0.05) is 42.8 Å². The van der Waals surface area contributed by atoms with Gasteiger partial charge in [-0.25, -0.2) is 84.2 Å². The molecule has 39 heteroatoms. The average Bonchev–Trinajstić information content (AvgIpc) is 1.59. The maximum absolute atomic E-state index is 13.0. The zero-order valence-electron chi connectivity index (χ0n) is 62.0. The number of benzene rings is 3. The summed E-state index contributed by atoms with van der Waals surface area (Å²) in [6.45, 7) is 2.85. The molecule has 14 rings (SSSR count). The Morgan fingerprint density at radius 3 is 1.25 bits per heavy atom. The van der Waals surface area contributed by atoms with Crippen molar-refractivity contribution < 1.29 is 98.1 Å². The lowest BCUT2D eigenvalue weighted by Crippen LogP contribution is -2.44. The van der Waals surface area contributed by atoms with Gasteiger partial charge in [0.25, 0.3) is 0 Å². The highest BCUT2D eigenvalue weighted by atomic mass is 35.5. The molecule has 0 bridgehead atoms. The van der Waals surface area contributed by atoms with Gasteiger partial charge < -0.3 is 13.9 Å². The second-order valence-electron chi connectivity index (χ2n) is 29.6. The Kier molecular flexibility index (Phi) is 31.5. The van der Waals surface area contributed by atoms with Gasteiger partial charge in [0.1, 0.15) is 18.4 Å². The number of rotatable bonds is 26. The lowest BCUT2D eigenvalue weighted by atomic mass is 9.99. The van der Waals surface area contributed by atoms with E-state index in [0.717, 1.165) is 111 Å². The minimum absolute atomic E-state index is 0.0189. The third-order valence-corrected chi connectivity index (χ3v) is 47.5. The van der Waals surface area contributed by atoms with Gasteiger partial charge in [0.05, 0.1) is 106 Å². The highest BCUT2D eigenvalue weighted by Gasteiger charge is 2.51. The topological polar surface area (TPSA) is 376 Å². The Labute approximate surface area is 688 Å². The maximum Gasteiger partial charge on any atom is 0.193 e. The Balaban J connectivity index is 0.000000150. The number of unbranched alkanes of at least 4 members (excludes halogenated alkanes) is 1. The van der Waals surface area contributed by atoms with E-state index in [9.17, 15) is 84.2 Å². The summed E-state index contributed by atoms with van der Waals surface area (Å²) in [6, 6.07) is 34.8. The van der Waals surface area contributed by atoms with Gasteiger partial charge >= 0.3 is 0 Å². The van der Waals surface area contributed by atoms with Crippen molar-refractivity contribution in [3.05, 3.63) is 171 Å². The van der Waals surface area contributed by atoms with Crippen molar-refractivity contribution >= 4 is 156 Å². The van der Waals surface area contributed by atoms with Crippen LogP contribution in [0, 0.1) is 23.7 Å². The molecule has 113 heavy (non-hydrogen) atoms. The number of ether oxygens (including phenoxy) is 2. The summed E-state index contributed by atoms with van der Waals surface area (Å²) >= 11 is 15.1. The summed E-state index contributed by atoms with van der Waals surface area (Å²) in [4.78, 5) is 2.31. The predicted molar refractivity (Wildman–Crippen MR) is 443 cm³/mol. The SMILES string of the molecule is COCCC[C@H]1CS(=O)(=O)C[C@@H]1S(=O)(=O)c1ccc(Cl)cc1.O=S1(=O)C[C@H](CCC2CCCO2)[C@@H](S(=O)(=O)c2cccs2)C1.O=S1(=O)C[C@H](CCCCc2ccccc2)[C@@H](S(=O)(=O)c2ccc(Cl)cc2)C1.O=S1(=O)C[C@H](CCc2ccco2)[C@@H](S(=O)(=O)c2cccs2)C1.O=S1(=O)C[C@H](N2CCCC2)[C@@H](S(=O)(=O)c2cccs2)C1. The van der Waals surface area contributed by atoms with E-state index in [-0.39, 0.29) is 116 Å². The molecule has 11 atom stereocenters. The van der Waals surface area contributed by atoms with Crippen LogP contribution in [0.4, 0.5) is 0 Å². The molecule has 0 saturated carbocycles. The molecular weight excluding hydrogens is 1760 g/mol. The van der Waals surface area contributed by atoms with Gasteiger partial charge in [0.2, 0.25) is 0 Å².